The third-order valence-corrected chi connectivity index (χ3v) is 7.17. The normalized spacial score (nSPS) is 15.1. The van der Waals surface area contributed by atoms with E-state index in [1.54, 1.807) is 12.1 Å². The van der Waals surface area contributed by atoms with Gasteiger partial charge in [0.15, 0.2) is 0 Å². The van der Waals surface area contributed by atoms with Crippen LogP contribution in [-0.2, 0) is 22.9 Å². The molecule has 0 radical (unpaired) electrons. The fraction of sp³-hybridized carbons (Fsp3) is 0.409. The van der Waals surface area contributed by atoms with Crippen molar-refractivity contribution in [2.24, 2.45) is 0 Å². The van der Waals surface area contributed by atoms with Gasteiger partial charge in [-0.15, -0.1) is 0 Å². The smallest absolute Gasteiger partial charge is 0.251 e. The highest BCUT2D eigenvalue weighted by Gasteiger charge is 2.21. The molecule has 0 saturated carbocycles. The monoisotopic (exact) mass is 400 g/mol. The van der Waals surface area contributed by atoms with E-state index >= 15 is 0 Å². The van der Waals surface area contributed by atoms with Crippen LogP contribution in [0, 0.1) is 0 Å². The van der Waals surface area contributed by atoms with E-state index in [-0.39, 0.29) is 16.8 Å². The van der Waals surface area contributed by atoms with E-state index in [1.807, 2.05) is 6.92 Å². The summed E-state index contributed by atoms with van der Waals surface area (Å²) in [6.07, 6.45) is 5.45. The Morgan fingerprint density at radius 2 is 1.79 bits per heavy atom. The van der Waals surface area contributed by atoms with Gasteiger partial charge in [-0.25, -0.2) is 12.7 Å². The molecule has 0 spiro atoms. The predicted octanol–water partition coefficient (Wildman–Crippen LogP) is 3.70. The topological polar surface area (TPSA) is 66.5 Å². The molecule has 0 aliphatic heterocycles. The minimum atomic E-state index is -3.58. The fourth-order valence-electron chi connectivity index (χ4n) is 3.64. The van der Waals surface area contributed by atoms with Crippen LogP contribution in [0.3, 0.4) is 0 Å². The maximum absolute atomic E-state index is 12.8. The second kappa shape index (κ2) is 8.45. The van der Waals surface area contributed by atoms with Crippen molar-refractivity contribution in [2.45, 2.75) is 50.0 Å². The molecule has 0 unspecified atom stereocenters. The summed E-state index contributed by atoms with van der Waals surface area (Å²) in [5, 5.41) is 3.07. The Morgan fingerprint density at radius 1 is 1.07 bits per heavy atom. The summed E-state index contributed by atoms with van der Waals surface area (Å²) in [6.45, 7) is 2.04. The van der Waals surface area contributed by atoms with Crippen molar-refractivity contribution in [3.8, 4) is 0 Å². The summed E-state index contributed by atoms with van der Waals surface area (Å²) in [4.78, 5) is 12.9. The SMILES string of the molecule is CC[C@H](NC(=O)c1cccc(S(=O)(=O)N(C)C)c1)c1ccc2c(c1)CCCC2. The Labute approximate surface area is 167 Å². The first kappa shape index (κ1) is 20.6. The minimum Gasteiger partial charge on any atom is -0.345 e. The van der Waals surface area contributed by atoms with Crippen LogP contribution in [0.25, 0.3) is 0 Å². The van der Waals surface area contributed by atoms with E-state index in [9.17, 15) is 13.2 Å². The second-order valence-corrected chi connectivity index (χ2v) is 9.64. The molecule has 0 saturated heterocycles. The van der Waals surface area contributed by atoms with Crippen LogP contribution < -0.4 is 5.32 Å². The molecule has 6 heteroatoms. The van der Waals surface area contributed by atoms with E-state index in [2.05, 4.69) is 23.5 Å². The first-order valence-corrected chi connectivity index (χ1v) is 11.2. The molecule has 1 aliphatic carbocycles. The maximum atomic E-state index is 12.8. The van der Waals surface area contributed by atoms with Crippen LogP contribution in [-0.4, -0.2) is 32.7 Å². The van der Waals surface area contributed by atoms with Gasteiger partial charge in [0.05, 0.1) is 10.9 Å². The number of sulfonamides is 1. The zero-order valence-electron chi connectivity index (χ0n) is 16.7. The summed E-state index contributed by atoms with van der Waals surface area (Å²) in [5.41, 5.74) is 4.25. The first-order chi connectivity index (χ1) is 13.3. The van der Waals surface area contributed by atoms with Gasteiger partial charge in [0.1, 0.15) is 0 Å². The molecule has 150 valence electrons. The van der Waals surface area contributed by atoms with Crippen LogP contribution in [0.1, 0.15) is 59.3 Å². The molecular formula is C22H28N2O3S. The Balaban J connectivity index is 1.81. The van der Waals surface area contributed by atoms with Crippen molar-refractivity contribution in [3.63, 3.8) is 0 Å². The van der Waals surface area contributed by atoms with Crippen molar-refractivity contribution >= 4 is 15.9 Å². The summed E-state index contributed by atoms with van der Waals surface area (Å²) < 4.78 is 25.8. The predicted molar refractivity (Wildman–Crippen MR) is 111 cm³/mol. The molecule has 5 nitrogen and oxygen atoms in total. The molecule has 2 aromatic carbocycles. The Hall–Kier alpha value is -2.18. The number of aryl methyl sites for hydroxylation is 2. The van der Waals surface area contributed by atoms with Crippen LogP contribution in [0.15, 0.2) is 47.4 Å². The molecule has 0 fully saturated rings. The Morgan fingerprint density at radius 3 is 2.46 bits per heavy atom. The van der Waals surface area contributed by atoms with E-state index in [0.717, 1.165) is 29.1 Å². The van der Waals surface area contributed by atoms with Crippen LogP contribution in [0.5, 0.6) is 0 Å². The highest BCUT2D eigenvalue weighted by Crippen LogP contribution is 2.26. The molecule has 0 bridgehead atoms. The van der Waals surface area contributed by atoms with Crippen LogP contribution in [0.4, 0.5) is 0 Å². The average molecular weight is 401 g/mol. The van der Waals surface area contributed by atoms with Gasteiger partial charge >= 0.3 is 0 Å². The van der Waals surface area contributed by atoms with Crippen LogP contribution in [0.2, 0.25) is 0 Å². The first-order valence-electron chi connectivity index (χ1n) is 9.78. The van der Waals surface area contributed by atoms with Crippen LogP contribution >= 0.6 is 0 Å². The van der Waals surface area contributed by atoms with E-state index in [1.165, 1.54) is 50.2 Å². The molecule has 0 heterocycles. The Bertz CT molecular complexity index is 967. The third-order valence-electron chi connectivity index (χ3n) is 5.36. The number of amides is 1. The van der Waals surface area contributed by atoms with Gasteiger partial charge < -0.3 is 5.32 Å². The quantitative estimate of drug-likeness (QED) is 0.804. The number of nitrogens with one attached hydrogen (secondary N) is 1. The summed E-state index contributed by atoms with van der Waals surface area (Å²) >= 11 is 0. The van der Waals surface area contributed by atoms with Crippen molar-refractivity contribution < 1.29 is 13.2 Å². The van der Waals surface area contributed by atoms with E-state index < -0.39 is 10.0 Å². The lowest BCUT2D eigenvalue weighted by atomic mass is 9.88. The summed E-state index contributed by atoms with van der Waals surface area (Å²) in [6, 6.07) is 12.6. The zero-order valence-corrected chi connectivity index (χ0v) is 17.6. The van der Waals surface area contributed by atoms with Crippen molar-refractivity contribution in [2.75, 3.05) is 14.1 Å². The molecule has 1 atom stereocenters. The number of hydrogen-bond acceptors (Lipinski definition) is 3. The highest BCUT2D eigenvalue weighted by atomic mass is 32.2. The molecular weight excluding hydrogens is 372 g/mol. The third kappa shape index (κ3) is 4.28. The molecule has 0 aromatic heterocycles. The average Bonchev–Trinajstić information content (AvgIpc) is 2.71. The highest BCUT2D eigenvalue weighted by molar-refractivity contribution is 7.89. The van der Waals surface area contributed by atoms with Gasteiger partial charge in [0, 0.05) is 19.7 Å². The van der Waals surface area contributed by atoms with E-state index in [0.29, 0.717) is 5.56 Å². The van der Waals surface area contributed by atoms with Crippen molar-refractivity contribution in [1.82, 2.24) is 9.62 Å². The number of hydrogen-bond donors (Lipinski definition) is 1. The lowest BCUT2D eigenvalue weighted by Gasteiger charge is -2.22. The molecule has 2 aromatic rings. The number of fused-ring (bicyclic) bond motifs is 1. The summed E-state index contributed by atoms with van der Waals surface area (Å²) in [7, 11) is -0.621. The van der Waals surface area contributed by atoms with Gasteiger partial charge in [-0.05, 0) is 67.0 Å². The van der Waals surface area contributed by atoms with Crippen molar-refractivity contribution in [3.05, 3.63) is 64.7 Å². The zero-order chi connectivity index (χ0) is 20.3. The summed E-state index contributed by atoms with van der Waals surface area (Å²) in [5.74, 6) is -0.264. The van der Waals surface area contributed by atoms with Gasteiger partial charge in [-0.2, -0.15) is 0 Å². The lowest BCUT2D eigenvalue weighted by Crippen LogP contribution is -2.29. The molecule has 1 N–H and O–H groups in total. The number of carbonyl (C=O) groups excluding carboxylic acids is 1. The van der Waals surface area contributed by atoms with Gasteiger partial charge in [0.25, 0.3) is 5.91 Å². The van der Waals surface area contributed by atoms with Gasteiger partial charge in [-0.3, -0.25) is 4.79 Å². The standard InChI is InChI=1S/C22H28N2O3S/c1-4-21(18-13-12-16-8-5-6-9-17(16)14-18)23-22(25)19-10-7-11-20(15-19)28(26,27)24(2)3/h7,10-15,21H,4-6,8-9H2,1-3H3,(H,23,25)/t21-/m0/s1. The number of rotatable bonds is 6. The minimum absolute atomic E-state index is 0.103. The van der Waals surface area contributed by atoms with Crippen molar-refractivity contribution in [1.29, 1.82) is 0 Å². The molecule has 3 rings (SSSR count). The van der Waals surface area contributed by atoms with Gasteiger partial charge in [0.2, 0.25) is 10.0 Å². The molecule has 1 amide bonds. The Kier molecular flexibility index (Phi) is 6.20. The number of nitrogens with zero attached hydrogens (tertiary/aromatic N) is 1. The molecule has 28 heavy (non-hydrogen) atoms. The van der Waals surface area contributed by atoms with E-state index in [4.69, 9.17) is 0 Å². The fourth-order valence-corrected chi connectivity index (χ4v) is 4.59. The number of benzene rings is 2. The maximum Gasteiger partial charge on any atom is 0.251 e. The molecule has 1 aliphatic rings. The lowest BCUT2D eigenvalue weighted by molar-refractivity contribution is 0.0935. The van der Waals surface area contributed by atoms with Gasteiger partial charge in [-0.1, -0.05) is 31.2 Å². The number of carbonyl (C=O) groups is 1. The second-order valence-electron chi connectivity index (χ2n) is 7.48. The largest absolute Gasteiger partial charge is 0.345 e.